The average Bonchev–Trinajstić information content (AvgIpc) is 3.29. The minimum atomic E-state index is -1.25. The first kappa shape index (κ1) is 51.0. The van der Waals surface area contributed by atoms with Gasteiger partial charge in [-0.3, -0.25) is 29.0 Å². The highest BCUT2D eigenvalue weighted by Gasteiger charge is 2.36. The second-order valence-electron chi connectivity index (χ2n) is 17.9. The Balaban J connectivity index is 1.57. The molecule has 2 heterocycles. The molecular formula is C51H62ClN7O7. The lowest BCUT2D eigenvalue weighted by Crippen LogP contribution is -2.46. The van der Waals surface area contributed by atoms with Crippen molar-refractivity contribution >= 4 is 40.8 Å². The number of ether oxygens (including phenoxy) is 2. The van der Waals surface area contributed by atoms with E-state index in [0.717, 1.165) is 11.1 Å². The van der Waals surface area contributed by atoms with Gasteiger partial charge in [-0.2, -0.15) is 5.26 Å². The Bertz CT molecular complexity index is 2460. The van der Waals surface area contributed by atoms with Gasteiger partial charge in [0.15, 0.2) is 17.3 Å². The summed E-state index contributed by atoms with van der Waals surface area (Å²) in [7, 11) is 1.50. The molecule has 0 saturated heterocycles. The Hall–Kier alpha value is -5.98. The SMILES string of the molecule is Cc1nc(-c2ccc(C(C)(C)C)cc2)c(Cl)cc1C(=O)C[C@@H](CCN)C(=O)N(C)[C@@H]1C(=O)C[C@@H](C)C(=O)N[C@H](C(=O)CCC#N)Cc2ccc(OCCN)c(c2)-c2cc1ccc2OCCN. The number of Topliss-reactive ketones (excluding diaryl/α,β-unsaturated/α-hetero) is 3. The molecule has 66 heavy (non-hydrogen) atoms. The van der Waals surface area contributed by atoms with Crippen LogP contribution in [0.2, 0.25) is 5.02 Å². The third kappa shape index (κ3) is 12.5. The van der Waals surface area contributed by atoms with Crippen molar-refractivity contribution in [2.45, 2.75) is 90.6 Å². The van der Waals surface area contributed by atoms with Gasteiger partial charge in [0, 0.05) is 85.6 Å². The summed E-state index contributed by atoms with van der Waals surface area (Å²) in [4.78, 5) is 77.0. The molecule has 1 aliphatic rings. The predicted molar refractivity (Wildman–Crippen MR) is 255 cm³/mol. The molecule has 0 saturated carbocycles. The molecular weight excluding hydrogens is 858 g/mol. The number of rotatable bonds is 17. The number of nitrogens with one attached hydrogen (secondary N) is 1. The molecule has 15 heteroatoms. The van der Waals surface area contributed by atoms with Crippen LogP contribution in [-0.2, 0) is 31.0 Å². The van der Waals surface area contributed by atoms with Crippen LogP contribution < -0.4 is 32.0 Å². The Kier molecular flexibility index (Phi) is 17.7. The third-order valence-corrected chi connectivity index (χ3v) is 12.1. The first-order valence-corrected chi connectivity index (χ1v) is 22.7. The number of hydrogen-bond donors (Lipinski definition) is 4. The van der Waals surface area contributed by atoms with E-state index in [0.29, 0.717) is 45.1 Å². The number of aromatic nitrogens is 1. The molecule has 0 spiro atoms. The molecule has 1 aliphatic heterocycles. The van der Waals surface area contributed by atoms with Crippen LogP contribution in [-0.4, -0.2) is 85.0 Å². The summed E-state index contributed by atoms with van der Waals surface area (Å²) in [5, 5.41) is 12.4. The number of carbonyl (C=O) groups excluding carboxylic acids is 5. The van der Waals surface area contributed by atoms with Crippen molar-refractivity contribution in [3.8, 4) is 40.0 Å². The first-order valence-electron chi connectivity index (χ1n) is 22.4. The van der Waals surface area contributed by atoms with Crippen LogP contribution in [0, 0.1) is 30.1 Å². The van der Waals surface area contributed by atoms with E-state index in [9.17, 15) is 29.2 Å². The van der Waals surface area contributed by atoms with Gasteiger partial charge in [0.25, 0.3) is 0 Å². The fraction of sp³-hybridized carbons (Fsp3) is 0.431. The minimum absolute atomic E-state index is 0.0345. The molecule has 1 aromatic heterocycles. The third-order valence-electron chi connectivity index (χ3n) is 11.8. The zero-order valence-corrected chi connectivity index (χ0v) is 39.5. The van der Waals surface area contributed by atoms with Gasteiger partial charge in [0.1, 0.15) is 30.8 Å². The van der Waals surface area contributed by atoms with Gasteiger partial charge >= 0.3 is 0 Å². The number of nitriles is 1. The van der Waals surface area contributed by atoms with E-state index in [1.54, 1.807) is 50.2 Å². The lowest BCUT2D eigenvalue weighted by Gasteiger charge is -2.32. The summed E-state index contributed by atoms with van der Waals surface area (Å²) in [6.07, 6.45) is -0.448. The lowest BCUT2D eigenvalue weighted by molar-refractivity contribution is -0.142. The Morgan fingerprint density at radius 1 is 0.924 bits per heavy atom. The standard InChI is InChI=1S/C51H62ClN7O7/c1-30-24-44(62)48(59(6)50(64)35(17-19-54)28-43(61)37-29-40(52)47(57-31(37)2)33-10-13-36(14-11-33)51(3,4)5)34-12-16-46(66-23-21-56)39(27-34)38-25-32(9-15-45(38)65-22-20-55)26-41(58-49(30)63)42(60)8-7-18-53/h9-16,25,27,29-30,35,41,48H,7-8,17,19-24,26,28,54-56H2,1-6H3,(H,58,63)/t30-,35-,41+,48+/m1/s1. The van der Waals surface area contributed by atoms with Gasteiger partial charge in [-0.05, 0) is 78.7 Å². The number of benzene rings is 3. The number of ketones is 3. The smallest absolute Gasteiger partial charge is 0.226 e. The fourth-order valence-electron chi connectivity index (χ4n) is 8.17. The molecule has 0 aliphatic carbocycles. The van der Waals surface area contributed by atoms with Crippen LogP contribution in [0.15, 0.2) is 66.7 Å². The van der Waals surface area contributed by atoms with Crippen LogP contribution in [0.5, 0.6) is 11.5 Å². The highest BCUT2D eigenvalue weighted by molar-refractivity contribution is 6.33. The monoisotopic (exact) mass is 919 g/mol. The largest absolute Gasteiger partial charge is 0.492 e. The summed E-state index contributed by atoms with van der Waals surface area (Å²) in [5.74, 6) is -3.26. The number of nitrogens with two attached hydrogens (primary N) is 3. The molecule has 0 radical (unpaired) electrons. The lowest BCUT2D eigenvalue weighted by atomic mass is 9.86. The van der Waals surface area contributed by atoms with Crippen LogP contribution >= 0.6 is 11.6 Å². The number of amides is 2. The van der Waals surface area contributed by atoms with Crippen molar-refractivity contribution in [1.29, 1.82) is 5.26 Å². The van der Waals surface area contributed by atoms with Crippen molar-refractivity contribution in [2.24, 2.45) is 29.0 Å². The molecule has 4 bridgehead atoms. The number of pyridine rings is 1. The van der Waals surface area contributed by atoms with Gasteiger partial charge in [0.2, 0.25) is 11.8 Å². The topological polar surface area (TPSA) is 234 Å². The molecule has 0 fully saturated rings. The first-order chi connectivity index (χ1) is 31.4. The summed E-state index contributed by atoms with van der Waals surface area (Å²) in [6, 6.07) is 19.7. The number of likely N-dealkylation sites (N-methyl/N-ethyl adjacent to an activating group) is 1. The van der Waals surface area contributed by atoms with E-state index in [1.165, 1.54) is 11.9 Å². The molecule has 0 unspecified atom stereocenters. The quantitative estimate of drug-likeness (QED) is 0.0821. The van der Waals surface area contributed by atoms with E-state index in [2.05, 4.69) is 26.1 Å². The zero-order valence-electron chi connectivity index (χ0n) is 38.7. The summed E-state index contributed by atoms with van der Waals surface area (Å²) < 4.78 is 12.3. The number of carbonyl (C=O) groups is 5. The molecule has 350 valence electrons. The minimum Gasteiger partial charge on any atom is -0.492 e. The molecule has 3 aromatic carbocycles. The van der Waals surface area contributed by atoms with Gasteiger partial charge in [-0.25, -0.2) is 0 Å². The second-order valence-corrected chi connectivity index (χ2v) is 18.3. The average molecular weight is 921 g/mol. The van der Waals surface area contributed by atoms with Gasteiger partial charge < -0.3 is 36.9 Å². The molecule has 7 N–H and O–H groups in total. The van der Waals surface area contributed by atoms with Crippen molar-refractivity contribution in [3.63, 3.8) is 0 Å². The van der Waals surface area contributed by atoms with Crippen LogP contribution in [0.1, 0.15) is 98.6 Å². The van der Waals surface area contributed by atoms with Crippen molar-refractivity contribution in [1.82, 2.24) is 15.2 Å². The second kappa shape index (κ2) is 23.0. The Labute approximate surface area is 392 Å². The molecule has 5 rings (SSSR count). The Morgan fingerprint density at radius 2 is 1.56 bits per heavy atom. The molecule has 4 aromatic rings. The van der Waals surface area contributed by atoms with E-state index >= 15 is 0 Å². The summed E-state index contributed by atoms with van der Waals surface area (Å²) in [6.45, 7) is 10.5. The van der Waals surface area contributed by atoms with Gasteiger partial charge in [-0.15, -0.1) is 0 Å². The van der Waals surface area contributed by atoms with Crippen molar-refractivity contribution in [3.05, 3.63) is 99.7 Å². The van der Waals surface area contributed by atoms with Crippen molar-refractivity contribution in [2.75, 3.05) is 39.9 Å². The van der Waals surface area contributed by atoms with E-state index in [1.807, 2.05) is 36.4 Å². The van der Waals surface area contributed by atoms with E-state index in [-0.39, 0.29) is 98.9 Å². The van der Waals surface area contributed by atoms with E-state index in [4.69, 9.17) is 43.3 Å². The molecule has 14 nitrogen and oxygen atoms in total. The summed E-state index contributed by atoms with van der Waals surface area (Å²) in [5.41, 5.74) is 23.0. The number of halogens is 1. The predicted octanol–water partition coefficient (Wildman–Crippen LogP) is 6.60. The molecule has 4 atom stereocenters. The van der Waals surface area contributed by atoms with Crippen LogP contribution in [0.4, 0.5) is 0 Å². The van der Waals surface area contributed by atoms with Gasteiger partial charge in [-0.1, -0.05) is 75.7 Å². The van der Waals surface area contributed by atoms with Crippen LogP contribution in [0.25, 0.3) is 22.4 Å². The maximum Gasteiger partial charge on any atom is 0.226 e. The van der Waals surface area contributed by atoms with Crippen LogP contribution in [0.3, 0.4) is 0 Å². The van der Waals surface area contributed by atoms with E-state index < -0.39 is 41.5 Å². The number of hydrogen-bond acceptors (Lipinski definition) is 12. The van der Waals surface area contributed by atoms with Gasteiger partial charge in [0.05, 0.1) is 22.8 Å². The van der Waals surface area contributed by atoms with Crippen molar-refractivity contribution < 1.29 is 33.4 Å². The maximum atomic E-state index is 14.8. The number of aryl methyl sites for hydroxylation is 1. The summed E-state index contributed by atoms with van der Waals surface area (Å²) >= 11 is 6.79. The highest BCUT2D eigenvalue weighted by atomic mass is 35.5. The normalized spacial score (nSPS) is 16.9. The maximum absolute atomic E-state index is 14.8. The number of fused-ring (bicyclic) bond motifs is 5. The molecule has 2 amide bonds. The Morgan fingerprint density at radius 3 is 2.17 bits per heavy atom. The highest BCUT2D eigenvalue weighted by Crippen LogP contribution is 2.41. The number of nitrogens with zero attached hydrogens (tertiary/aromatic N) is 3. The zero-order chi connectivity index (χ0) is 48.3. The fourth-order valence-corrected chi connectivity index (χ4v) is 8.43.